The van der Waals surface area contributed by atoms with Crippen molar-refractivity contribution < 1.29 is 13.5 Å². The molecule has 0 aliphatic heterocycles. The molecule has 0 atom stereocenters. The maximum absolute atomic E-state index is 14.2. The first kappa shape index (κ1) is 15.2. The number of benzene rings is 1. The molecule has 1 aromatic carbocycles. The summed E-state index contributed by atoms with van der Waals surface area (Å²) in [6.07, 6.45) is 7.69. The van der Waals surface area contributed by atoms with Crippen LogP contribution in [0.4, 0.5) is 8.78 Å². The van der Waals surface area contributed by atoms with E-state index >= 15 is 0 Å². The largest absolute Gasteiger partial charge is 0.496 e. The number of imidazole rings is 1. The van der Waals surface area contributed by atoms with Crippen molar-refractivity contribution in [1.82, 2.24) is 19.3 Å². The molecule has 0 bridgehead atoms. The molecule has 0 saturated carbocycles. The molecular formula is C16H16F2N4O. The van der Waals surface area contributed by atoms with Crippen molar-refractivity contribution in [2.24, 2.45) is 7.05 Å². The summed E-state index contributed by atoms with van der Waals surface area (Å²) in [6.45, 7) is 0.570. The van der Waals surface area contributed by atoms with Crippen LogP contribution in [-0.2, 0) is 20.0 Å². The van der Waals surface area contributed by atoms with Crippen molar-refractivity contribution in [1.29, 1.82) is 0 Å². The lowest BCUT2D eigenvalue weighted by Gasteiger charge is -2.12. The Balaban J connectivity index is 1.93. The first-order valence-corrected chi connectivity index (χ1v) is 7.11. The van der Waals surface area contributed by atoms with Gasteiger partial charge in [-0.25, -0.2) is 13.8 Å². The third-order valence-electron chi connectivity index (χ3n) is 3.62. The highest BCUT2D eigenvalue weighted by molar-refractivity contribution is 5.65. The SMILES string of the molecule is COc1ccc(F)c(F)c1-c1nccn1CCc1cnn(C)c1. The van der Waals surface area contributed by atoms with Crippen molar-refractivity contribution in [3.63, 3.8) is 0 Å². The second kappa shape index (κ2) is 6.20. The zero-order chi connectivity index (χ0) is 16.4. The van der Waals surface area contributed by atoms with E-state index in [-0.39, 0.29) is 11.3 Å². The first-order valence-electron chi connectivity index (χ1n) is 7.11. The maximum atomic E-state index is 14.2. The van der Waals surface area contributed by atoms with Gasteiger partial charge in [-0.2, -0.15) is 5.10 Å². The Labute approximate surface area is 132 Å². The third-order valence-corrected chi connectivity index (χ3v) is 3.62. The first-order chi connectivity index (χ1) is 11.1. The minimum atomic E-state index is -0.960. The van der Waals surface area contributed by atoms with Gasteiger partial charge in [0.05, 0.1) is 18.9 Å². The molecule has 120 valence electrons. The van der Waals surface area contributed by atoms with Crippen molar-refractivity contribution in [3.05, 3.63) is 54.1 Å². The number of rotatable bonds is 5. The fourth-order valence-corrected chi connectivity index (χ4v) is 2.48. The highest BCUT2D eigenvalue weighted by Crippen LogP contribution is 2.32. The van der Waals surface area contributed by atoms with Gasteiger partial charge in [-0.15, -0.1) is 0 Å². The Morgan fingerprint density at radius 1 is 1.26 bits per heavy atom. The summed E-state index contributed by atoms with van der Waals surface area (Å²) in [4.78, 5) is 4.17. The van der Waals surface area contributed by atoms with Gasteiger partial charge >= 0.3 is 0 Å². The zero-order valence-electron chi connectivity index (χ0n) is 12.8. The van der Waals surface area contributed by atoms with Crippen LogP contribution in [0, 0.1) is 11.6 Å². The molecule has 0 unspecified atom stereocenters. The number of aromatic nitrogens is 4. The van der Waals surface area contributed by atoms with Gasteiger partial charge in [0.2, 0.25) is 0 Å². The summed E-state index contributed by atoms with van der Waals surface area (Å²) in [5.74, 6) is -1.30. The Morgan fingerprint density at radius 3 is 2.78 bits per heavy atom. The van der Waals surface area contributed by atoms with E-state index in [9.17, 15) is 8.78 Å². The smallest absolute Gasteiger partial charge is 0.173 e. The number of ether oxygens (including phenoxy) is 1. The summed E-state index contributed by atoms with van der Waals surface area (Å²) in [5.41, 5.74) is 1.09. The van der Waals surface area contributed by atoms with E-state index < -0.39 is 11.6 Å². The number of methoxy groups -OCH3 is 1. The topological polar surface area (TPSA) is 44.9 Å². The predicted octanol–water partition coefficient (Wildman–Crippen LogP) is 2.81. The van der Waals surface area contributed by atoms with Gasteiger partial charge in [0.1, 0.15) is 11.6 Å². The van der Waals surface area contributed by atoms with Crippen LogP contribution < -0.4 is 4.74 Å². The van der Waals surface area contributed by atoms with E-state index in [4.69, 9.17) is 4.74 Å². The van der Waals surface area contributed by atoms with Crippen molar-refractivity contribution in [2.45, 2.75) is 13.0 Å². The molecule has 2 aromatic heterocycles. The lowest BCUT2D eigenvalue weighted by Crippen LogP contribution is -2.05. The van der Waals surface area contributed by atoms with Crippen LogP contribution in [0.15, 0.2) is 36.9 Å². The van der Waals surface area contributed by atoms with Gasteiger partial charge in [-0.05, 0) is 24.1 Å². The summed E-state index contributed by atoms with van der Waals surface area (Å²) in [7, 11) is 3.26. The lowest BCUT2D eigenvalue weighted by atomic mass is 10.1. The molecule has 0 aliphatic rings. The Bertz CT molecular complexity index is 825. The Hall–Kier alpha value is -2.70. The second-order valence-electron chi connectivity index (χ2n) is 5.16. The summed E-state index contributed by atoms with van der Waals surface area (Å²) < 4.78 is 36.5. The quantitative estimate of drug-likeness (QED) is 0.727. The number of aryl methyl sites for hydroxylation is 3. The fraction of sp³-hybridized carbons (Fsp3) is 0.250. The Morgan fingerprint density at radius 2 is 2.09 bits per heavy atom. The van der Waals surface area contributed by atoms with Gasteiger partial charge in [0.15, 0.2) is 11.6 Å². The predicted molar refractivity (Wildman–Crippen MR) is 81.0 cm³/mol. The highest BCUT2D eigenvalue weighted by atomic mass is 19.2. The number of halogens is 2. The molecule has 23 heavy (non-hydrogen) atoms. The van der Waals surface area contributed by atoms with Crippen LogP contribution in [0.1, 0.15) is 5.56 Å². The van der Waals surface area contributed by atoms with Gasteiger partial charge < -0.3 is 9.30 Å². The summed E-state index contributed by atoms with van der Waals surface area (Å²) in [5, 5.41) is 4.11. The average Bonchev–Trinajstić information content (AvgIpc) is 3.16. The molecule has 7 heteroatoms. The molecule has 0 N–H and O–H groups in total. The fourth-order valence-electron chi connectivity index (χ4n) is 2.48. The van der Waals surface area contributed by atoms with Crippen LogP contribution in [0.2, 0.25) is 0 Å². The van der Waals surface area contributed by atoms with E-state index in [1.165, 1.54) is 13.2 Å². The molecule has 0 aliphatic carbocycles. The molecule has 0 fully saturated rings. The van der Waals surface area contributed by atoms with Crippen LogP contribution in [0.25, 0.3) is 11.4 Å². The molecule has 2 heterocycles. The van der Waals surface area contributed by atoms with Crippen molar-refractivity contribution >= 4 is 0 Å². The third kappa shape index (κ3) is 2.94. The van der Waals surface area contributed by atoms with E-state index in [1.807, 2.05) is 13.2 Å². The van der Waals surface area contributed by atoms with E-state index in [0.29, 0.717) is 18.8 Å². The standard InChI is InChI=1S/C16H16F2N4O/c1-21-10-11(9-20-21)5-7-22-8-6-19-16(22)14-13(23-2)4-3-12(17)15(14)18/h3-4,6,8-10H,5,7H2,1-2H3. The molecular weight excluding hydrogens is 302 g/mol. The van der Waals surface area contributed by atoms with Crippen LogP contribution in [0.5, 0.6) is 5.75 Å². The minimum absolute atomic E-state index is 0.0312. The normalized spacial score (nSPS) is 11.0. The monoisotopic (exact) mass is 318 g/mol. The lowest BCUT2D eigenvalue weighted by molar-refractivity contribution is 0.408. The van der Waals surface area contributed by atoms with Gasteiger partial charge in [-0.3, -0.25) is 4.68 Å². The molecule has 3 aromatic rings. The van der Waals surface area contributed by atoms with Crippen molar-refractivity contribution in [2.75, 3.05) is 7.11 Å². The molecule has 0 radical (unpaired) electrons. The van der Waals surface area contributed by atoms with Crippen LogP contribution >= 0.6 is 0 Å². The minimum Gasteiger partial charge on any atom is -0.496 e. The molecule has 0 amide bonds. The number of hydrogen-bond donors (Lipinski definition) is 0. The Kier molecular flexibility index (Phi) is 4.10. The average molecular weight is 318 g/mol. The molecule has 5 nitrogen and oxygen atoms in total. The van der Waals surface area contributed by atoms with E-state index in [1.54, 1.807) is 27.8 Å². The van der Waals surface area contributed by atoms with Crippen molar-refractivity contribution in [3.8, 4) is 17.1 Å². The van der Waals surface area contributed by atoms with Crippen LogP contribution in [0.3, 0.4) is 0 Å². The van der Waals surface area contributed by atoms with E-state index in [2.05, 4.69) is 10.1 Å². The van der Waals surface area contributed by atoms with Gasteiger partial charge in [-0.1, -0.05) is 0 Å². The van der Waals surface area contributed by atoms with Gasteiger partial charge in [0.25, 0.3) is 0 Å². The van der Waals surface area contributed by atoms with E-state index in [0.717, 1.165) is 11.6 Å². The zero-order valence-corrected chi connectivity index (χ0v) is 12.8. The summed E-state index contributed by atoms with van der Waals surface area (Å²) >= 11 is 0. The number of nitrogens with zero attached hydrogens (tertiary/aromatic N) is 4. The summed E-state index contributed by atoms with van der Waals surface area (Å²) in [6, 6.07) is 2.44. The highest BCUT2D eigenvalue weighted by Gasteiger charge is 2.20. The second-order valence-corrected chi connectivity index (χ2v) is 5.16. The molecule has 0 saturated heterocycles. The molecule has 3 rings (SSSR count). The maximum Gasteiger partial charge on any atom is 0.173 e. The molecule has 0 spiro atoms. The van der Waals surface area contributed by atoms with Gasteiger partial charge in [0, 0.05) is 32.2 Å². The number of hydrogen-bond acceptors (Lipinski definition) is 3. The van der Waals surface area contributed by atoms with Crippen LogP contribution in [-0.4, -0.2) is 26.4 Å².